The Morgan fingerprint density at radius 3 is 0.900 bits per heavy atom. The molecule has 0 rings (SSSR count). The van der Waals surface area contributed by atoms with E-state index in [-0.39, 0.29) is 67.9 Å². The van der Waals surface area contributed by atoms with Gasteiger partial charge in [0.15, 0.2) is 0 Å². The fourth-order valence-electron chi connectivity index (χ4n) is 0. The Labute approximate surface area is 109 Å². The van der Waals surface area contributed by atoms with E-state index in [1.165, 1.54) is 0 Å². The van der Waals surface area contributed by atoms with E-state index in [4.69, 9.17) is 14.7 Å². The Morgan fingerprint density at radius 2 is 0.900 bits per heavy atom. The number of hydrogen-bond donors (Lipinski definition) is 3. The molecule has 55 valence electrons. The third kappa shape index (κ3) is 150. The van der Waals surface area contributed by atoms with Crippen LogP contribution in [0, 0.1) is 0 Å². The van der Waals surface area contributed by atoms with E-state index < -0.39 is 8.60 Å². The topological polar surface area (TPSA) is 60.7 Å². The van der Waals surface area contributed by atoms with Gasteiger partial charge >= 0.3 is 67.7 Å². The maximum absolute atomic E-state index is 7.23. The molecule has 3 nitrogen and oxygen atoms in total. The van der Waals surface area contributed by atoms with E-state index >= 15 is 0 Å². The van der Waals surface area contributed by atoms with Crippen LogP contribution in [-0.4, -0.2) is 82.6 Å². The van der Waals surface area contributed by atoms with E-state index in [0.29, 0.717) is 0 Å². The molecule has 7 heteroatoms. The van der Waals surface area contributed by atoms with Crippen LogP contribution in [0.3, 0.4) is 0 Å². The molecule has 0 spiro atoms. The van der Waals surface area contributed by atoms with Crippen molar-refractivity contribution in [2.45, 2.75) is 19.6 Å². The van der Waals surface area contributed by atoms with Crippen molar-refractivity contribution in [3.8, 4) is 0 Å². The molecule has 0 bridgehead atoms. The maximum atomic E-state index is 7.23. The summed E-state index contributed by atoms with van der Waals surface area (Å²) >= 11 is 0. The van der Waals surface area contributed by atoms with Crippen LogP contribution in [0.15, 0.2) is 0 Å². The Balaban J connectivity index is -0.0000000300. The predicted molar refractivity (Wildman–Crippen MR) is 51.2 cm³/mol. The molecule has 0 heterocycles. The summed E-state index contributed by atoms with van der Waals surface area (Å²) in [6.07, 6.45) is 0. The summed E-state index contributed by atoms with van der Waals surface area (Å²) in [5, 5.41) is 0. The van der Waals surface area contributed by atoms with Crippen molar-refractivity contribution in [2.24, 2.45) is 0 Å². The van der Waals surface area contributed by atoms with Crippen LogP contribution in [0.25, 0.3) is 0 Å². The Bertz CT molecular complexity index is 37.2. The Kier molecular flexibility index (Phi) is 40.2. The molecule has 0 aromatic rings. The van der Waals surface area contributed by atoms with Crippen molar-refractivity contribution in [1.82, 2.24) is 0 Å². The number of hydrogen-bond acceptors (Lipinski definition) is 3. The van der Waals surface area contributed by atoms with Crippen LogP contribution in [0.1, 0.15) is 0 Å². The molecule has 0 unspecified atom stereocenters. The van der Waals surface area contributed by atoms with Crippen LogP contribution in [0.4, 0.5) is 0 Å². The zero-order valence-electron chi connectivity index (χ0n) is 5.29. The Hall–Kier alpha value is 2.53. The molecule has 0 aliphatic rings. The summed E-state index contributed by atoms with van der Waals surface area (Å²) in [5.74, 6) is 0. The number of rotatable bonds is 0. The summed E-state index contributed by atoms with van der Waals surface area (Å²) in [4.78, 5) is 21.7. The van der Waals surface area contributed by atoms with Crippen LogP contribution >= 0.6 is 8.60 Å². The molecule has 0 aromatic carbocycles. The predicted octanol–water partition coefficient (Wildman–Crippen LogP) is -0.736. The minimum absolute atomic E-state index is 0. The van der Waals surface area contributed by atoms with E-state index in [0.717, 1.165) is 0 Å². The van der Waals surface area contributed by atoms with Gasteiger partial charge in [-0.1, -0.05) is 19.6 Å². The molecule has 0 saturated heterocycles. The third-order valence-electron chi connectivity index (χ3n) is 0. The quantitative estimate of drug-likeness (QED) is 0.359. The summed E-state index contributed by atoms with van der Waals surface area (Å²) < 4.78 is 0. The van der Waals surface area contributed by atoms with Gasteiger partial charge in [-0.05, 0) is 0 Å². The molecule has 0 saturated carbocycles. The molecule has 0 aliphatic heterocycles. The van der Waals surface area contributed by atoms with Crippen molar-refractivity contribution in [3.05, 3.63) is 0 Å². The van der Waals surface area contributed by atoms with Crippen molar-refractivity contribution in [1.29, 1.82) is 0 Å². The second-order valence-electron chi connectivity index (χ2n) is 1.77. The molecule has 10 heavy (non-hydrogen) atoms. The third-order valence-corrected chi connectivity index (χ3v) is 0. The molecule has 0 amide bonds. The van der Waals surface area contributed by atoms with Gasteiger partial charge in [-0.25, -0.2) is 0 Å². The minimum atomic E-state index is -2.62. The first-order valence-electron chi connectivity index (χ1n) is 2.10. The van der Waals surface area contributed by atoms with E-state index in [1.807, 2.05) is 0 Å². The first kappa shape index (κ1) is 22.9. The fourth-order valence-corrected chi connectivity index (χ4v) is 0. The molecule has 3 N–H and O–H groups in total. The Morgan fingerprint density at radius 1 is 0.900 bits per heavy atom. The molecule has 0 fully saturated rings. The summed E-state index contributed by atoms with van der Waals surface area (Å²) in [6, 6.07) is 0. The van der Waals surface area contributed by atoms with Gasteiger partial charge in [0.25, 0.3) is 0 Å². The SMILES string of the molecule is C[Si](C)C.OP(O)O.[NaH].[NaH]. The van der Waals surface area contributed by atoms with Gasteiger partial charge in [0.05, 0.1) is 0 Å². The molecular weight excluding hydrogens is 189 g/mol. The van der Waals surface area contributed by atoms with Crippen molar-refractivity contribution >= 4 is 76.5 Å². The zero-order valence-corrected chi connectivity index (χ0v) is 7.18. The average molecular weight is 203 g/mol. The van der Waals surface area contributed by atoms with Gasteiger partial charge in [-0.2, -0.15) is 0 Å². The van der Waals surface area contributed by atoms with Crippen LogP contribution in [-0.2, 0) is 0 Å². The normalized spacial score (nSPS) is 7.20. The zero-order chi connectivity index (χ0) is 7.15. The van der Waals surface area contributed by atoms with Gasteiger partial charge < -0.3 is 14.7 Å². The standard InChI is InChI=1S/C3H9Si.2Na.H3O3P.2H/c1-4(2)3;;;1-4(2)3;;/h1-3H3;;;1-3H;;. The second kappa shape index (κ2) is 17.6. The average Bonchev–Trinajstić information content (AvgIpc) is 1.25. The first-order valence-corrected chi connectivity index (χ1v) is 6.30. The van der Waals surface area contributed by atoms with Gasteiger partial charge in [-0.15, -0.1) is 0 Å². The van der Waals surface area contributed by atoms with Crippen LogP contribution in [0.5, 0.6) is 0 Å². The van der Waals surface area contributed by atoms with Gasteiger partial charge in [0.1, 0.15) is 0 Å². The van der Waals surface area contributed by atoms with E-state index in [2.05, 4.69) is 19.6 Å². The molecule has 1 radical (unpaired) electrons. The monoisotopic (exact) mass is 203 g/mol. The second-order valence-corrected chi connectivity index (χ2v) is 5.30. The van der Waals surface area contributed by atoms with Crippen molar-refractivity contribution in [3.63, 3.8) is 0 Å². The van der Waals surface area contributed by atoms with Crippen molar-refractivity contribution in [2.75, 3.05) is 0 Å². The molecule has 0 aromatic heterocycles. The molecule has 0 atom stereocenters. The summed E-state index contributed by atoms with van der Waals surface area (Å²) in [7, 11) is -2.50. The summed E-state index contributed by atoms with van der Waals surface area (Å²) in [6.45, 7) is 6.81. The van der Waals surface area contributed by atoms with Gasteiger partial charge in [0, 0.05) is 8.80 Å². The van der Waals surface area contributed by atoms with Crippen LogP contribution < -0.4 is 0 Å². The van der Waals surface area contributed by atoms with Crippen molar-refractivity contribution < 1.29 is 14.7 Å². The summed E-state index contributed by atoms with van der Waals surface area (Å²) in [5.41, 5.74) is 0. The van der Waals surface area contributed by atoms with Crippen LogP contribution in [0.2, 0.25) is 19.6 Å². The fraction of sp³-hybridized carbons (Fsp3) is 1.00. The van der Waals surface area contributed by atoms with Gasteiger partial charge in [-0.3, -0.25) is 0 Å². The molecule has 0 aliphatic carbocycles. The first-order chi connectivity index (χ1) is 3.46. The van der Waals surface area contributed by atoms with E-state index in [1.54, 1.807) is 0 Å². The van der Waals surface area contributed by atoms with Gasteiger partial charge in [0.2, 0.25) is 0 Å². The molecular formula is C3H14Na2O3PSi. The van der Waals surface area contributed by atoms with E-state index in [9.17, 15) is 0 Å².